The Labute approximate surface area is 155 Å². The van der Waals surface area contributed by atoms with Crippen LogP contribution in [0.3, 0.4) is 0 Å². The first kappa shape index (κ1) is 19.6. The molecule has 1 aromatic rings. The number of fused-ring (bicyclic) bond motifs is 2. The lowest BCUT2D eigenvalue weighted by atomic mass is 9.67. The number of carbonyl (C=O) groups excluding carboxylic acids is 1. The lowest BCUT2D eigenvalue weighted by Crippen LogP contribution is -2.54. The van der Waals surface area contributed by atoms with E-state index in [2.05, 4.69) is 37.4 Å². The third kappa shape index (κ3) is 4.68. The second-order valence-electron chi connectivity index (χ2n) is 7.33. The number of thioether (sulfide) groups is 1. The van der Waals surface area contributed by atoms with Gasteiger partial charge in [0.25, 0.3) is 0 Å². The third-order valence-electron chi connectivity index (χ3n) is 5.41. The van der Waals surface area contributed by atoms with Gasteiger partial charge in [0, 0.05) is 17.0 Å². The van der Waals surface area contributed by atoms with Crippen molar-refractivity contribution < 1.29 is 4.79 Å². The number of carbonyl (C=O) groups is 1. The maximum absolute atomic E-state index is 12.4. The minimum atomic E-state index is 0. The van der Waals surface area contributed by atoms with Gasteiger partial charge in [-0.1, -0.05) is 24.1 Å². The molecule has 2 atom stereocenters. The van der Waals surface area contributed by atoms with E-state index in [4.69, 9.17) is 5.73 Å². The van der Waals surface area contributed by atoms with Crippen molar-refractivity contribution >= 4 is 30.1 Å². The first-order valence-electron chi connectivity index (χ1n) is 8.78. The van der Waals surface area contributed by atoms with Crippen LogP contribution in [0.1, 0.15) is 43.2 Å². The molecular formula is C19H29ClN2OS. The van der Waals surface area contributed by atoms with Crippen molar-refractivity contribution in [2.45, 2.75) is 62.9 Å². The zero-order valence-electron chi connectivity index (χ0n) is 14.6. The third-order valence-corrected chi connectivity index (χ3v) is 6.56. The Balaban J connectivity index is 0.00000208. The fourth-order valence-corrected chi connectivity index (χ4v) is 5.19. The zero-order chi connectivity index (χ0) is 16.4. The molecule has 5 heteroatoms. The number of benzene rings is 1. The first-order valence-corrected chi connectivity index (χ1v) is 9.76. The summed E-state index contributed by atoms with van der Waals surface area (Å²) in [5.41, 5.74) is 8.66. The standard InChI is InChI=1S/C19H28N2OS.ClH/c1-12-6-7-13(2)17(8-12)23-11-18(22)21-19-14-4-3-5-15(19)10-16(20)9-14;/h6-8,14-16,19H,3-5,9-11,20H2,1-2H3,(H,21,22);1H. The van der Waals surface area contributed by atoms with Crippen molar-refractivity contribution in [3.63, 3.8) is 0 Å². The highest BCUT2D eigenvalue weighted by Gasteiger charge is 2.39. The normalized spacial score (nSPS) is 28.8. The Kier molecular flexibility index (Phi) is 7.02. The predicted octanol–water partition coefficient (Wildman–Crippen LogP) is 3.84. The molecule has 134 valence electrons. The van der Waals surface area contributed by atoms with Crippen LogP contribution in [0, 0.1) is 25.7 Å². The van der Waals surface area contributed by atoms with Crippen LogP contribution in [0.4, 0.5) is 0 Å². The molecule has 2 unspecified atom stereocenters. The van der Waals surface area contributed by atoms with Crippen LogP contribution < -0.4 is 11.1 Å². The van der Waals surface area contributed by atoms with Crippen LogP contribution in [0.15, 0.2) is 23.1 Å². The number of hydrogen-bond acceptors (Lipinski definition) is 3. The van der Waals surface area contributed by atoms with Crippen LogP contribution >= 0.6 is 24.2 Å². The molecule has 2 aliphatic rings. The van der Waals surface area contributed by atoms with Gasteiger partial charge in [-0.3, -0.25) is 4.79 Å². The number of nitrogens with two attached hydrogens (primary N) is 1. The lowest BCUT2D eigenvalue weighted by Gasteiger charge is -2.45. The van der Waals surface area contributed by atoms with E-state index in [1.165, 1.54) is 35.3 Å². The number of aryl methyl sites for hydroxylation is 2. The summed E-state index contributed by atoms with van der Waals surface area (Å²) in [5, 5.41) is 3.33. The van der Waals surface area contributed by atoms with Gasteiger partial charge >= 0.3 is 0 Å². The molecule has 3 N–H and O–H groups in total. The van der Waals surface area contributed by atoms with Crippen LogP contribution in [-0.2, 0) is 4.79 Å². The Morgan fingerprint density at radius 2 is 1.92 bits per heavy atom. The van der Waals surface area contributed by atoms with Gasteiger partial charge in [0.05, 0.1) is 5.75 Å². The average molecular weight is 369 g/mol. The number of halogens is 1. The summed E-state index contributed by atoms with van der Waals surface area (Å²) < 4.78 is 0. The molecular weight excluding hydrogens is 340 g/mol. The van der Waals surface area contributed by atoms with Gasteiger partial charge in [-0.05, 0) is 63.0 Å². The van der Waals surface area contributed by atoms with Gasteiger partial charge in [-0.2, -0.15) is 0 Å². The van der Waals surface area contributed by atoms with Gasteiger partial charge in [0.2, 0.25) is 5.91 Å². The lowest BCUT2D eigenvalue weighted by molar-refractivity contribution is -0.120. The predicted molar refractivity (Wildman–Crippen MR) is 104 cm³/mol. The highest BCUT2D eigenvalue weighted by atomic mass is 35.5. The van der Waals surface area contributed by atoms with E-state index in [0.29, 0.717) is 29.7 Å². The van der Waals surface area contributed by atoms with Crippen molar-refractivity contribution in [3.05, 3.63) is 29.3 Å². The second-order valence-corrected chi connectivity index (χ2v) is 8.35. The van der Waals surface area contributed by atoms with Gasteiger partial charge in [0.1, 0.15) is 0 Å². The van der Waals surface area contributed by atoms with Crippen LogP contribution in [-0.4, -0.2) is 23.7 Å². The summed E-state index contributed by atoms with van der Waals surface area (Å²) in [4.78, 5) is 13.6. The smallest absolute Gasteiger partial charge is 0.230 e. The van der Waals surface area contributed by atoms with Gasteiger partial charge < -0.3 is 11.1 Å². The van der Waals surface area contributed by atoms with E-state index in [1.807, 2.05) is 0 Å². The van der Waals surface area contributed by atoms with E-state index in [1.54, 1.807) is 11.8 Å². The van der Waals surface area contributed by atoms with Crippen LogP contribution in [0.5, 0.6) is 0 Å². The molecule has 1 aromatic carbocycles. The van der Waals surface area contributed by atoms with E-state index in [9.17, 15) is 4.79 Å². The fraction of sp³-hybridized carbons (Fsp3) is 0.632. The summed E-state index contributed by atoms with van der Waals surface area (Å²) in [6.45, 7) is 4.20. The van der Waals surface area contributed by atoms with E-state index < -0.39 is 0 Å². The molecule has 3 rings (SSSR count). The molecule has 0 heterocycles. The summed E-state index contributed by atoms with van der Waals surface area (Å²) in [7, 11) is 0. The topological polar surface area (TPSA) is 55.1 Å². The number of rotatable bonds is 4. The molecule has 0 spiro atoms. The fourth-order valence-electron chi connectivity index (χ4n) is 4.26. The minimum Gasteiger partial charge on any atom is -0.352 e. The molecule has 24 heavy (non-hydrogen) atoms. The summed E-state index contributed by atoms with van der Waals surface area (Å²) in [6, 6.07) is 7.11. The number of nitrogens with one attached hydrogen (secondary N) is 1. The van der Waals surface area contributed by atoms with Crippen molar-refractivity contribution in [1.82, 2.24) is 5.32 Å². The van der Waals surface area contributed by atoms with Crippen molar-refractivity contribution in [1.29, 1.82) is 0 Å². The molecule has 2 bridgehead atoms. The second kappa shape index (κ2) is 8.59. The maximum atomic E-state index is 12.4. The van der Waals surface area contributed by atoms with Crippen LogP contribution in [0.2, 0.25) is 0 Å². The molecule has 0 aliphatic heterocycles. The Morgan fingerprint density at radius 1 is 1.25 bits per heavy atom. The molecule has 3 nitrogen and oxygen atoms in total. The van der Waals surface area contributed by atoms with E-state index in [-0.39, 0.29) is 18.3 Å². The molecule has 0 aromatic heterocycles. The maximum Gasteiger partial charge on any atom is 0.230 e. The summed E-state index contributed by atoms with van der Waals surface area (Å²) in [5.74, 6) is 1.86. The quantitative estimate of drug-likeness (QED) is 0.794. The highest BCUT2D eigenvalue weighted by Crippen LogP contribution is 2.39. The van der Waals surface area contributed by atoms with Crippen molar-refractivity contribution in [2.24, 2.45) is 17.6 Å². The minimum absolute atomic E-state index is 0. The first-order chi connectivity index (χ1) is 11.0. The zero-order valence-corrected chi connectivity index (χ0v) is 16.2. The SMILES string of the molecule is Cc1ccc(C)c(SCC(=O)NC2C3CCCC2CC(N)C3)c1.Cl. The van der Waals surface area contributed by atoms with E-state index >= 15 is 0 Å². The van der Waals surface area contributed by atoms with E-state index in [0.717, 1.165) is 12.8 Å². The molecule has 0 saturated heterocycles. The molecule has 2 saturated carbocycles. The van der Waals surface area contributed by atoms with Gasteiger partial charge in [-0.25, -0.2) is 0 Å². The number of hydrogen-bond donors (Lipinski definition) is 2. The monoisotopic (exact) mass is 368 g/mol. The summed E-state index contributed by atoms with van der Waals surface area (Å²) in [6.07, 6.45) is 5.89. The Morgan fingerprint density at radius 3 is 2.58 bits per heavy atom. The van der Waals surface area contributed by atoms with Crippen molar-refractivity contribution in [3.8, 4) is 0 Å². The molecule has 2 aliphatic carbocycles. The molecule has 1 amide bonds. The Bertz CT molecular complexity index is 566. The van der Waals surface area contributed by atoms with Crippen LogP contribution in [0.25, 0.3) is 0 Å². The molecule has 0 radical (unpaired) electrons. The number of amides is 1. The largest absolute Gasteiger partial charge is 0.352 e. The molecule has 2 fully saturated rings. The average Bonchev–Trinajstić information content (AvgIpc) is 2.49. The Hall–Kier alpha value is -0.710. The highest BCUT2D eigenvalue weighted by molar-refractivity contribution is 8.00. The van der Waals surface area contributed by atoms with Gasteiger partial charge in [0.15, 0.2) is 0 Å². The summed E-state index contributed by atoms with van der Waals surface area (Å²) >= 11 is 1.65. The van der Waals surface area contributed by atoms with Crippen molar-refractivity contribution in [2.75, 3.05) is 5.75 Å². The van der Waals surface area contributed by atoms with Gasteiger partial charge in [-0.15, -0.1) is 24.2 Å².